The van der Waals surface area contributed by atoms with Gasteiger partial charge in [-0.15, -0.1) is 16.6 Å². The van der Waals surface area contributed by atoms with Crippen LogP contribution in [0.1, 0.15) is 0 Å². The Morgan fingerprint density at radius 2 is 1.66 bits per heavy atom. The van der Waals surface area contributed by atoms with Crippen molar-refractivity contribution in [1.82, 2.24) is 10.2 Å². The van der Waals surface area contributed by atoms with Crippen LogP contribution in [0.15, 0.2) is 66.7 Å². The van der Waals surface area contributed by atoms with Gasteiger partial charge in [-0.3, -0.25) is 0 Å². The summed E-state index contributed by atoms with van der Waals surface area (Å²) < 4.78 is 5.43. The van der Waals surface area contributed by atoms with Crippen LogP contribution in [0.5, 0.6) is 5.75 Å². The lowest BCUT2D eigenvalue weighted by Crippen LogP contribution is -1.99. The molecule has 0 saturated heterocycles. The average Bonchev–Trinajstić information content (AvgIpc) is 2.75. The molecule has 3 aromatic carbocycles. The summed E-state index contributed by atoms with van der Waals surface area (Å²) in [5.41, 5.74) is 2.49. The highest BCUT2D eigenvalue weighted by molar-refractivity contribution is 6.42. The number of nitrogens with zero attached hydrogens (tertiary/aromatic N) is 2. The van der Waals surface area contributed by atoms with Crippen LogP contribution in [0.2, 0.25) is 10.0 Å². The summed E-state index contributed by atoms with van der Waals surface area (Å²) in [5.74, 6) is 3.80. The molecule has 0 unspecified atom stereocenters. The molecule has 0 saturated carbocycles. The van der Waals surface area contributed by atoms with Gasteiger partial charge in [0.05, 0.1) is 10.0 Å². The molecule has 0 atom stereocenters. The Bertz CT molecular complexity index is 1220. The van der Waals surface area contributed by atoms with Crippen LogP contribution >= 0.6 is 23.2 Å². The molecule has 0 aliphatic rings. The first-order valence-electron chi connectivity index (χ1n) is 8.80. The van der Waals surface area contributed by atoms with E-state index in [2.05, 4.69) is 21.4 Å². The van der Waals surface area contributed by atoms with Crippen LogP contribution in [0, 0.1) is 12.3 Å². The van der Waals surface area contributed by atoms with Crippen molar-refractivity contribution in [3.8, 4) is 29.4 Å². The SMILES string of the molecule is C#CCOc1ccc(-c2nnc(Nc3ccc(Cl)c(Cl)c3)c3ccccc23)cc1. The number of fused-ring (bicyclic) bond motifs is 1. The van der Waals surface area contributed by atoms with Gasteiger partial charge in [0.2, 0.25) is 0 Å². The molecule has 0 radical (unpaired) electrons. The van der Waals surface area contributed by atoms with E-state index in [1.165, 1.54) is 0 Å². The number of hydrogen-bond donors (Lipinski definition) is 1. The second-order valence-electron chi connectivity index (χ2n) is 6.21. The van der Waals surface area contributed by atoms with E-state index in [-0.39, 0.29) is 6.61 Å². The van der Waals surface area contributed by atoms with Gasteiger partial charge < -0.3 is 10.1 Å². The molecule has 29 heavy (non-hydrogen) atoms. The van der Waals surface area contributed by atoms with Gasteiger partial charge in [-0.1, -0.05) is 53.4 Å². The quantitative estimate of drug-likeness (QED) is 0.382. The van der Waals surface area contributed by atoms with E-state index in [1.54, 1.807) is 12.1 Å². The first-order valence-corrected chi connectivity index (χ1v) is 9.55. The molecule has 4 nitrogen and oxygen atoms in total. The summed E-state index contributed by atoms with van der Waals surface area (Å²) in [6.07, 6.45) is 5.23. The van der Waals surface area contributed by atoms with E-state index < -0.39 is 0 Å². The number of benzene rings is 3. The summed E-state index contributed by atoms with van der Waals surface area (Å²) in [5, 5.41) is 15.0. The van der Waals surface area contributed by atoms with E-state index in [0.717, 1.165) is 27.7 Å². The lowest BCUT2D eigenvalue weighted by molar-refractivity contribution is 0.370. The number of anilines is 2. The molecule has 0 aliphatic heterocycles. The van der Waals surface area contributed by atoms with Gasteiger partial charge >= 0.3 is 0 Å². The number of nitrogens with one attached hydrogen (secondary N) is 1. The van der Waals surface area contributed by atoms with Gasteiger partial charge in [0.25, 0.3) is 0 Å². The molecule has 0 spiro atoms. The molecular formula is C23H15Cl2N3O. The Hall–Kier alpha value is -3.26. The highest BCUT2D eigenvalue weighted by atomic mass is 35.5. The molecule has 4 aromatic rings. The maximum atomic E-state index is 6.12. The zero-order valence-electron chi connectivity index (χ0n) is 15.2. The fourth-order valence-electron chi connectivity index (χ4n) is 2.95. The molecule has 0 fully saturated rings. The molecule has 0 bridgehead atoms. The van der Waals surface area contributed by atoms with Crippen LogP contribution in [-0.4, -0.2) is 16.8 Å². The normalized spacial score (nSPS) is 10.5. The van der Waals surface area contributed by atoms with Crippen molar-refractivity contribution >= 4 is 45.5 Å². The topological polar surface area (TPSA) is 47.0 Å². The van der Waals surface area contributed by atoms with Gasteiger partial charge in [0.1, 0.15) is 18.1 Å². The zero-order chi connectivity index (χ0) is 20.2. The van der Waals surface area contributed by atoms with Crippen molar-refractivity contribution in [2.75, 3.05) is 11.9 Å². The molecular weight excluding hydrogens is 405 g/mol. The number of terminal acetylenes is 1. The number of ether oxygens (including phenoxy) is 1. The number of rotatable bonds is 5. The van der Waals surface area contributed by atoms with Crippen molar-refractivity contribution < 1.29 is 4.74 Å². The summed E-state index contributed by atoms with van der Waals surface area (Å²) in [6, 6.07) is 20.9. The van der Waals surface area contributed by atoms with Crippen LogP contribution in [0.3, 0.4) is 0 Å². The molecule has 1 heterocycles. The minimum atomic E-state index is 0.233. The van der Waals surface area contributed by atoms with Gasteiger partial charge in [-0.2, -0.15) is 0 Å². The average molecular weight is 420 g/mol. The molecule has 4 rings (SSSR count). The first kappa shape index (κ1) is 19.1. The largest absolute Gasteiger partial charge is 0.481 e. The van der Waals surface area contributed by atoms with Crippen molar-refractivity contribution in [2.45, 2.75) is 0 Å². The van der Waals surface area contributed by atoms with Crippen molar-refractivity contribution in [1.29, 1.82) is 0 Å². The number of hydrogen-bond acceptors (Lipinski definition) is 4. The van der Waals surface area contributed by atoms with Crippen molar-refractivity contribution in [2.24, 2.45) is 0 Å². The zero-order valence-corrected chi connectivity index (χ0v) is 16.7. The third-order valence-corrected chi connectivity index (χ3v) is 5.06. The molecule has 142 valence electrons. The summed E-state index contributed by atoms with van der Waals surface area (Å²) in [4.78, 5) is 0. The van der Waals surface area contributed by atoms with Crippen molar-refractivity contribution in [3.05, 3.63) is 76.8 Å². The van der Waals surface area contributed by atoms with Gasteiger partial charge in [0, 0.05) is 22.0 Å². The summed E-state index contributed by atoms with van der Waals surface area (Å²) in [7, 11) is 0. The van der Waals surface area contributed by atoms with Crippen molar-refractivity contribution in [3.63, 3.8) is 0 Å². The van der Waals surface area contributed by atoms with E-state index in [9.17, 15) is 0 Å². The predicted octanol–water partition coefficient (Wildman–Crippen LogP) is 6.36. The van der Waals surface area contributed by atoms with Gasteiger partial charge in [-0.25, -0.2) is 0 Å². The van der Waals surface area contributed by atoms with E-state index in [4.69, 9.17) is 34.4 Å². The number of aromatic nitrogens is 2. The third-order valence-electron chi connectivity index (χ3n) is 4.32. The van der Waals surface area contributed by atoms with Gasteiger partial charge in [-0.05, 0) is 42.5 Å². The van der Waals surface area contributed by atoms with Crippen LogP contribution in [0.25, 0.3) is 22.0 Å². The molecule has 0 aliphatic carbocycles. The molecule has 1 aromatic heterocycles. The monoisotopic (exact) mass is 419 g/mol. The second kappa shape index (κ2) is 8.40. The maximum absolute atomic E-state index is 6.12. The Morgan fingerprint density at radius 3 is 2.38 bits per heavy atom. The Kier molecular flexibility index (Phi) is 5.53. The molecule has 6 heteroatoms. The fraction of sp³-hybridized carbons (Fsp3) is 0.0435. The van der Waals surface area contributed by atoms with Crippen LogP contribution < -0.4 is 10.1 Å². The molecule has 0 amide bonds. The minimum Gasteiger partial charge on any atom is -0.481 e. The Balaban J connectivity index is 1.72. The minimum absolute atomic E-state index is 0.233. The standard InChI is InChI=1S/C23H15Cl2N3O/c1-2-13-29-17-10-7-15(8-11-17)22-18-5-3-4-6-19(18)23(28-27-22)26-16-9-12-20(24)21(25)14-16/h1,3-12,14H,13H2,(H,26,28). The first-order chi connectivity index (χ1) is 14.2. The predicted molar refractivity (Wildman–Crippen MR) is 119 cm³/mol. The van der Waals surface area contributed by atoms with Crippen LogP contribution in [0.4, 0.5) is 11.5 Å². The van der Waals surface area contributed by atoms with E-state index in [1.807, 2.05) is 54.6 Å². The maximum Gasteiger partial charge on any atom is 0.161 e. The van der Waals surface area contributed by atoms with E-state index in [0.29, 0.717) is 21.6 Å². The second-order valence-corrected chi connectivity index (χ2v) is 7.03. The smallest absolute Gasteiger partial charge is 0.161 e. The van der Waals surface area contributed by atoms with Gasteiger partial charge in [0.15, 0.2) is 5.82 Å². The highest BCUT2D eigenvalue weighted by Crippen LogP contribution is 2.33. The highest BCUT2D eigenvalue weighted by Gasteiger charge is 2.12. The Labute approximate surface area is 178 Å². The molecule has 1 N–H and O–H groups in total. The van der Waals surface area contributed by atoms with Crippen LogP contribution in [-0.2, 0) is 0 Å². The summed E-state index contributed by atoms with van der Waals surface area (Å²) in [6.45, 7) is 0.233. The lowest BCUT2D eigenvalue weighted by Gasteiger charge is -2.12. The third kappa shape index (κ3) is 4.12. The Morgan fingerprint density at radius 1 is 0.897 bits per heavy atom. The lowest BCUT2D eigenvalue weighted by atomic mass is 10.0. The summed E-state index contributed by atoms with van der Waals surface area (Å²) >= 11 is 12.1. The van der Waals surface area contributed by atoms with E-state index >= 15 is 0 Å². The fourth-order valence-corrected chi connectivity index (χ4v) is 3.25. The number of halogens is 2.